The number of nitrogens with zero attached hydrogens (tertiary/aromatic N) is 1. The molecule has 0 aromatic heterocycles. The predicted octanol–water partition coefficient (Wildman–Crippen LogP) is 1.90. The third-order valence-electron chi connectivity index (χ3n) is 3.03. The minimum atomic E-state index is -0.319. The highest BCUT2D eigenvalue weighted by molar-refractivity contribution is 5.38. The highest BCUT2D eigenvalue weighted by Gasteiger charge is 2.12. The van der Waals surface area contributed by atoms with Crippen molar-refractivity contribution in [2.75, 3.05) is 6.54 Å². The summed E-state index contributed by atoms with van der Waals surface area (Å²) in [6, 6.07) is 17.2. The molecule has 98 valence electrons. The van der Waals surface area contributed by atoms with Crippen LogP contribution in [-0.4, -0.2) is 11.5 Å². The summed E-state index contributed by atoms with van der Waals surface area (Å²) in [5.41, 5.74) is 2.28. The molecule has 0 saturated heterocycles. The molecule has 2 aromatic rings. The second kappa shape index (κ2) is 6.66. The molecule has 0 spiro atoms. The summed E-state index contributed by atoms with van der Waals surface area (Å²) in [5.74, 6) is 0. The molecule has 0 bridgehead atoms. The van der Waals surface area contributed by atoms with Crippen molar-refractivity contribution in [1.82, 2.24) is 0 Å². The fourth-order valence-electron chi connectivity index (χ4n) is 2.03. The molecular weight excluding hydrogens is 240 g/mol. The third-order valence-corrected chi connectivity index (χ3v) is 3.03. The quantitative estimate of drug-likeness (QED) is 0.488. The molecule has 0 saturated carbocycles. The maximum atomic E-state index is 10.9. The van der Waals surface area contributed by atoms with E-state index >= 15 is 0 Å². The van der Waals surface area contributed by atoms with E-state index in [9.17, 15) is 10.1 Å². The van der Waals surface area contributed by atoms with Crippen molar-refractivity contribution in [3.63, 3.8) is 0 Å². The smallest absolute Gasteiger partial charge is 0.278 e. The third kappa shape index (κ3) is 3.89. The van der Waals surface area contributed by atoms with Crippen LogP contribution in [0.2, 0.25) is 0 Å². The van der Waals surface area contributed by atoms with Crippen molar-refractivity contribution in [2.24, 2.45) is 0 Å². The van der Waals surface area contributed by atoms with Gasteiger partial charge in [0.25, 0.3) is 5.69 Å². The lowest BCUT2D eigenvalue weighted by Crippen LogP contribution is -2.83. The van der Waals surface area contributed by atoms with E-state index in [4.69, 9.17) is 0 Å². The summed E-state index contributed by atoms with van der Waals surface area (Å²) in [7, 11) is 0. The minimum absolute atomic E-state index is 0.207. The van der Waals surface area contributed by atoms with Crippen molar-refractivity contribution >= 4 is 5.69 Å². The minimum Gasteiger partial charge on any atom is -0.342 e. The van der Waals surface area contributed by atoms with Crippen LogP contribution in [0.5, 0.6) is 0 Å². The molecule has 19 heavy (non-hydrogen) atoms. The normalized spacial score (nSPS) is 10.3. The second-order valence-electron chi connectivity index (χ2n) is 4.40. The van der Waals surface area contributed by atoms with Crippen molar-refractivity contribution in [3.05, 3.63) is 75.8 Å². The van der Waals surface area contributed by atoms with E-state index in [0.29, 0.717) is 6.54 Å². The van der Waals surface area contributed by atoms with Crippen LogP contribution in [0.15, 0.2) is 54.6 Å². The van der Waals surface area contributed by atoms with Gasteiger partial charge in [-0.05, 0) is 11.6 Å². The molecule has 0 aliphatic rings. The Labute approximate surface area is 112 Å². The number of hydrogen-bond acceptors (Lipinski definition) is 2. The summed E-state index contributed by atoms with van der Waals surface area (Å²) in [6.07, 6.45) is 0.974. The fraction of sp³-hybridized carbons (Fsp3) is 0.200. The van der Waals surface area contributed by atoms with Crippen LogP contribution < -0.4 is 5.32 Å². The molecule has 2 N–H and O–H groups in total. The first-order chi connectivity index (χ1) is 9.27. The van der Waals surface area contributed by atoms with Crippen molar-refractivity contribution in [3.8, 4) is 0 Å². The standard InChI is InChI=1S/C15H16N2O2/c18-17(19)15-9-5-4-8-14(15)12-16-11-10-13-6-2-1-3-7-13/h1-9,16H,10-12H2/p+1. The monoisotopic (exact) mass is 257 g/mol. The average Bonchev–Trinajstić information content (AvgIpc) is 2.45. The van der Waals surface area contributed by atoms with E-state index in [1.165, 1.54) is 5.56 Å². The Morgan fingerprint density at radius 2 is 1.68 bits per heavy atom. The molecule has 0 heterocycles. The summed E-state index contributed by atoms with van der Waals surface area (Å²) < 4.78 is 0. The van der Waals surface area contributed by atoms with E-state index < -0.39 is 0 Å². The zero-order valence-electron chi connectivity index (χ0n) is 10.7. The largest absolute Gasteiger partial charge is 0.342 e. The molecule has 0 amide bonds. The first-order valence-corrected chi connectivity index (χ1v) is 6.35. The molecule has 0 fully saturated rings. The van der Waals surface area contributed by atoms with E-state index in [0.717, 1.165) is 18.5 Å². The van der Waals surface area contributed by atoms with Gasteiger partial charge in [0.1, 0.15) is 6.54 Å². The maximum absolute atomic E-state index is 10.9. The van der Waals surface area contributed by atoms with Gasteiger partial charge in [-0.1, -0.05) is 42.5 Å². The number of nitrogens with two attached hydrogens (primary N) is 1. The van der Waals surface area contributed by atoms with Crippen LogP contribution >= 0.6 is 0 Å². The van der Waals surface area contributed by atoms with Crippen molar-refractivity contribution in [1.29, 1.82) is 0 Å². The highest BCUT2D eigenvalue weighted by atomic mass is 16.6. The first-order valence-electron chi connectivity index (χ1n) is 6.35. The van der Waals surface area contributed by atoms with Gasteiger partial charge >= 0.3 is 0 Å². The fourth-order valence-corrected chi connectivity index (χ4v) is 2.03. The number of nitro groups is 1. The number of nitro benzene ring substituents is 1. The van der Waals surface area contributed by atoms with Gasteiger partial charge in [-0.2, -0.15) is 0 Å². The predicted molar refractivity (Wildman–Crippen MR) is 73.7 cm³/mol. The lowest BCUT2D eigenvalue weighted by Gasteiger charge is -2.03. The molecular formula is C15H17N2O2+. The van der Waals surface area contributed by atoms with Crippen LogP contribution in [0.3, 0.4) is 0 Å². The van der Waals surface area contributed by atoms with Gasteiger partial charge in [0.15, 0.2) is 0 Å². The van der Waals surface area contributed by atoms with E-state index in [1.807, 2.05) is 30.3 Å². The SMILES string of the molecule is O=[N+]([O-])c1ccccc1C[NH2+]CCc1ccccc1. The zero-order chi connectivity index (χ0) is 13.5. The lowest BCUT2D eigenvalue weighted by atomic mass is 10.1. The highest BCUT2D eigenvalue weighted by Crippen LogP contribution is 2.15. The summed E-state index contributed by atoms with van der Waals surface area (Å²) >= 11 is 0. The average molecular weight is 257 g/mol. The van der Waals surface area contributed by atoms with Crippen LogP contribution in [-0.2, 0) is 13.0 Å². The summed E-state index contributed by atoms with van der Waals surface area (Å²) in [4.78, 5) is 10.5. The topological polar surface area (TPSA) is 59.8 Å². The zero-order valence-corrected chi connectivity index (χ0v) is 10.7. The Hall–Kier alpha value is -2.20. The lowest BCUT2D eigenvalue weighted by molar-refractivity contribution is -0.670. The molecule has 4 heteroatoms. The van der Waals surface area contributed by atoms with Crippen molar-refractivity contribution in [2.45, 2.75) is 13.0 Å². The van der Waals surface area contributed by atoms with Gasteiger partial charge in [0.2, 0.25) is 0 Å². The van der Waals surface area contributed by atoms with Gasteiger partial charge in [-0.15, -0.1) is 0 Å². The first kappa shape index (κ1) is 13.2. The molecule has 0 atom stereocenters. The Bertz CT molecular complexity index is 541. The number of para-hydroxylation sites is 1. The molecule has 2 aromatic carbocycles. The molecule has 0 unspecified atom stereocenters. The Balaban J connectivity index is 1.85. The summed E-state index contributed by atoms with van der Waals surface area (Å²) in [5, 5.41) is 13.0. The summed E-state index contributed by atoms with van der Waals surface area (Å²) in [6.45, 7) is 1.57. The Kier molecular flexibility index (Phi) is 4.64. The maximum Gasteiger partial charge on any atom is 0.278 e. The van der Waals surface area contributed by atoms with Gasteiger partial charge in [-0.25, -0.2) is 0 Å². The van der Waals surface area contributed by atoms with Crippen LogP contribution in [0, 0.1) is 10.1 Å². The number of quaternary nitrogens is 1. The van der Waals surface area contributed by atoms with Crippen LogP contribution in [0.25, 0.3) is 0 Å². The molecule has 0 radical (unpaired) electrons. The molecule has 0 aliphatic heterocycles. The molecule has 4 nitrogen and oxygen atoms in total. The van der Waals surface area contributed by atoms with E-state index in [-0.39, 0.29) is 10.6 Å². The van der Waals surface area contributed by atoms with Gasteiger partial charge in [-0.3, -0.25) is 10.1 Å². The van der Waals surface area contributed by atoms with E-state index in [2.05, 4.69) is 17.4 Å². The number of hydrogen-bond donors (Lipinski definition) is 1. The van der Waals surface area contributed by atoms with E-state index in [1.54, 1.807) is 12.1 Å². The van der Waals surface area contributed by atoms with Gasteiger partial charge < -0.3 is 5.32 Å². The van der Waals surface area contributed by atoms with Gasteiger partial charge in [0, 0.05) is 12.5 Å². The van der Waals surface area contributed by atoms with Gasteiger partial charge in [0.05, 0.1) is 17.0 Å². The number of rotatable bonds is 6. The van der Waals surface area contributed by atoms with Crippen molar-refractivity contribution < 1.29 is 10.2 Å². The molecule has 0 aliphatic carbocycles. The van der Waals surface area contributed by atoms with Crippen LogP contribution in [0.4, 0.5) is 5.69 Å². The molecule has 2 rings (SSSR count). The number of benzene rings is 2. The Morgan fingerprint density at radius 3 is 2.42 bits per heavy atom. The Morgan fingerprint density at radius 1 is 1.00 bits per heavy atom. The van der Waals surface area contributed by atoms with Crippen LogP contribution in [0.1, 0.15) is 11.1 Å². The second-order valence-corrected chi connectivity index (χ2v) is 4.40.